The smallest absolute Gasteiger partial charge is 0.407 e. The van der Waals surface area contributed by atoms with Gasteiger partial charge in [0.15, 0.2) is 0 Å². The maximum Gasteiger partial charge on any atom is 0.407 e. The van der Waals surface area contributed by atoms with Crippen LogP contribution in [0.2, 0.25) is 0 Å². The molecule has 1 aliphatic rings. The van der Waals surface area contributed by atoms with E-state index in [-0.39, 0.29) is 25.5 Å². The number of amides is 2. The third-order valence-corrected chi connectivity index (χ3v) is 5.53. The monoisotopic (exact) mass is 448 g/mol. The first-order valence-corrected chi connectivity index (χ1v) is 11.1. The molecule has 0 saturated heterocycles. The first-order valence-electron chi connectivity index (χ1n) is 11.1. The maximum atomic E-state index is 12.1. The Morgan fingerprint density at radius 2 is 1.70 bits per heavy atom. The molecule has 2 aromatic carbocycles. The molecule has 2 aromatic rings. The van der Waals surface area contributed by atoms with E-state index in [0.717, 1.165) is 35.1 Å². The van der Waals surface area contributed by atoms with Gasteiger partial charge >= 0.3 is 12.1 Å². The Hall–Kier alpha value is -3.79. The number of benzene rings is 2. The van der Waals surface area contributed by atoms with Crippen molar-refractivity contribution in [1.82, 2.24) is 10.6 Å². The van der Waals surface area contributed by atoms with E-state index in [9.17, 15) is 14.4 Å². The van der Waals surface area contributed by atoms with Crippen molar-refractivity contribution in [3.63, 3.8) is 0 Å². The van der Waals surface area contributed by atoms with E-state index in [1.807, 2.05) is 43.3 Å². The van der Waals surface area contributed by atoms with Crippen molar-refractivity contribution in [2.75, 3.05) is 13.2 Å². The summed E-state index contributed by atoms with van der Waals surface area (Å²) in [5, 5.41) is 14.1. The van der Waals surface area contributed by atoms with E-state index >= 15 is 0 Å². The summed E-state index contributed by atoms with van der Waals surface area (Å²) < 4.78 is 5.42. The van der Waals surface area contributed by atoms with Crippen LogP contribution in [0.3, 0.4) is 0 Å². The summed E-state index contributed by atoms with van der Waals surface area (Å²) >= 11 is 0. The predicted molar refractivity (Wildman–Crippen MR) is 125 cm³/mol. The fraction of sp³-hybridized carbons (Fsp3) is 0.346. The van der Waals surface area contributed by atoms with Crippen LogP contribution in [0.4, 0.5) is 4.79 Å². The lowest BCUT2D eigenvalue weighted by Gasteiger charge is -2.14. The van der Waals surface area contributed by atoms with Crippen LogP contribution in [0, 0.1) is 11.8 Å². The third-order valence-electron chi connectivity index (χ3n) is 5.53. The zero-order valence-corrected chi connectivity index (χ0v) is 18.6. The first-order chi connectivity index (χ1) is 16.0. The number of carbonyl (C=O) groups excluding carboxylic acids is 2. The van der Waals surface area contributed by atoms with E-state index in [4.69, 9.17) is 9.84 Å². The van der Waals surface area contributed by atoms with Gasteiger partial charge in [-0.3, -0.25) is 9.59 Å². The van der Waals surface area contributed by atoms with Crippen LogP contribution in [0.1, 0.15) is 49.7 Å². The van der Waals surface area contributed by atoms with E-state index in [1.54, 1.807) is 0 Å². The number of ether oxygens (including phenoxy) is 1. The summed E-state index contributed by atoms with van der Waals surface area (Å²) in [6.45, 7) is 2.14. The van der Waals surface area contributed by atoms with Gasteiger partial charge in [-0.1, -0.05) is 74.2 Å². The van der Waals surface area contributed by atoms with Gasteiger partial charge in [0.25, 0.3) is 5.91 Å². The van der Waals surface area contributed by atoms with Crippen molar-refractivity contribution in [3.8, 4) is 23.0 Å². The Labute approximate surface area is 193 Å². The number of hydrogen-bond donors (Lipinski definition) is 3. The normalized spacial score (nSPS) is 12.5. The molecule has 1 aliphatic carbocycles. The summed E-state index contributed by atoms with van der Waals surface area (Å²) in [4.78, 5) is 35.0. The second-order valence-electron chi connectivity index (χ2n) is 7.89. The van der Waals surface area contributed by atoms with Crippen molar-refractivity contribution in [2.24, 2.45) is 0 Å². The van der Waals surface area contributed by atoms with Crippen LogP contribution in [-0.4, -0.2) is 42.3 Å². The molecule has 1 atom stereocenters. The zero-order valence-electron chi connectivity index (χ0n) is 18.6. The highest BCUT2D eigenvalue weighted by Crippen LogP contribution is 2.44. The molecule has 7 nitrogen and oxygen atoms in total. The van der Waals surface area contributed by atoms with Crippen LogP contribution in [0.5, 0.6) is 0 Å². The molecular weight excluding hydrogens is 420 g/mol. The number of nitrogens with one attached hydrogen (secondary N) is 2. The molecule has 0 radical (unpaired) electrons. The molecule has 0 spiro atoms. The number of carboxylic acid groups (broad SMARTS) is 1. The summed E-state index contributed by atoms with van der Waals surface area (Å²) in [6.07, 6.45) is 1.54. The van der Waals surface area contributed by atoms with Crippen molar-refractivity contribution < 1.29 is 24.2 Å². The molecule has 0 saturated carbocycles. The van der Waals surface area contributed by atoms with E-state index in [0.29, 0.717) is 6.42 Å². The molecule has 0 fully saturated rings. The molecule has 33 heavy (non-hydrogen) atoms. The molecule has 0 aromatic heterocycles. The minimum absolute atomic E-state index is 0.0331. The van der Waals surface area contributed by atoms with Crippen LogP contribution in [-0.2, 0) is 14.3 Å². The summed E-state index contributed by atoms with van der Waals surface area (Å²) in [5.74, 6) is 3.38. The molecule has 172 valence electrons. The van der Waals surface area contributed by atoms with Crippen molar-refractivity contribution in [3.05, 3.63) is 59.7 Å². The fourth-order valence-electron chi connectivity index (χ4n) is 4.00. The van der Waals surface area contributed by atoms with Gasteiger partial charge in [0.1, 0.15) is 6.61 Å². The molecule has 0 unspecified atom stereocenters. The zero-order chi connectivity index (χ0) is 23.6. The van der Waals surface area contributed by atoms with Crippen molar-refractivity contribution in [1.29, 1.82) is 0 Å². The van der Waals surface area contributed by atoms with Gasteiger partial charge < -0.3 is 20.5 Å². The van der Waals surface area contributed by atoms with Gasteiger partial charge in [-0.15, -0.1) is 0 Å². The summed E-state index contributed by atoms with van der Waals surface area (Å²) in [7, 11) is 0. The third kappa shape index (κ3) is 6.59. The number of hydrogen-bond acceptors (Lipinski definition) is 4. The predicted octanol–water partition coefficient (Wildman–Crippen LogP) is 3.68. The first kappa shape index (κ1) is 23.9. The topological polar surface area (TPSA) is 105 Å². The molecule has 3 N–H and O–H groups in total. The Balaban J connectivity index is 1.47. The number of alkyl carbamates (subject to hydrolysis) is 1. The second-order valence-corrected chi connectivity index (χ2v) is 7.89. The van der Waals surface area contributed by atoms with E-state index in [2.05, 4.69) is 34.6 Å². The van der Waals surface area contributed by atoms with Gasteiger partial charge in [0.2, 0.25) is 0 Å². The Bertz CT molecular complexity index is 1020. The Morgan fingerprint density at radius 1 is 1.06 bits per heavy atom. The Morgan fingerprint density at radius 3 is 2.30 bits per heavy atom. The van der Waals surface area contributed by atoms with Crippen LogP contribution in [0.25, 0.3) is 11.1 Å². The number of carboxylic acids is 1. The summed E-state index contributed by atoms with van der Waals surface area (Å²) in [6, 6.07) is 15.7. The van der Waals surface area contributed by atoms with Crippen LogP contribution >= 0.6 is 0 Å². The fourth-order valence-corrected chi connectivity index (χ4v) is 4.00. The number of carbonyl (C=O) groups is 3. The lowest BCUT2D eigenvalue weighted by atomic mass is 9.98. The highest BCUT2D eigenvalue weighted by Gasteiger charge is 2.28. The number of rotatable bonds is 9. The maximum absolute atomic E-state index is 12.1. The van der Waals surface area contributed by atoms with E-state index in [1.165, 1.54) is 0 Å². The van der Waals surface area contributed by atoms with Gasteiger partial charge in [0, 0.05) is 12.0 Å². The molecule has 0 heterocycles. The van der Waals surface area contributed by atoms with Gasteiger partial charge in [-0.25, -0.2) is 4.79 Å². The van der Waals surface area contributed by atoms with Crippen LogP contribution < -0.4 is 10.6 Å². The average Bonchev–Trinajstić information content (AvgIpc) is 3.12. The Kier molecular flexibility index (Phi) is 8.48. The van der Waals surface area contributed by atoms with Crippen molar-refractivity contribution >= 4 is 18.0 Å². The second kappa shape index (κ2) is 11.7. The lowest BCUT2D eigenvalue weighted by Crippen LogP contribution is -2.35. The van der Waals surface area contributed by atoms with Gasteiger partial charge in [-0.05, 0) is 34.6 Å². The minimum Gasteiger partial charge on any atom is -0.481 e. The highest BCUT2D eigenvalue weighted by molar-refractivity contribution is 5.94. The number of unbranched alkanes of at least 4 members (excludes halogenated alkanes) is 1. The quantitative estimate of drug-likeness (QED) is 0.508. The van der Waals surface area contributed by atoms with Gasteiger partial charge in [-0.2, -0.15) is 0 Å². The SMILES string of the molecule is CCCC[C@@H](CC(=O)O)NC(=O)C#CCNC(=O)OCC1c2ccccc2-c2ccccc21. The highest BCUT2D eigenvalue weighted by atomic mass is 16.5. The average molecular weight is 449 g/mol. The van der Waals surface area contributed by atoms with Gasteiger partial charge in [0.05, 0.1) is 13.0 Å². The molecule has 3 rings (SSSR count). The number of aliphatic carboxylic acids is 1. The minimum atomic E-state index is -0.971. The molecule has 0 aliphatic heterocycles. The summed E-state index contributed by atoms with van der Waals surface area (Å²) in [5.41, 5.74) is 4.56. The van der Waals surface area contributed by atoms with Crippen molar-refractivity contribution in [2.45, 2.75) is 44.6 Å². The molecular formula is C26H28N2O5. The molecule has 2 amide bonds. The van der Waals surface area contributed by atoms with Crippen LogP contribution in [0.15, 0.2) is 48.5 Å². The lowest BCUT2D eigenvalue weighted by molar-refractivity contribution is -0.137. The molecule has 7 heteroatoms. The standard InChI is InChI=1S/C26H28N2O5/c1-2-3-9-18(16-25(30)31)28-24(29)14-8-15-27-26(32)33-17-23-21-12-6-4-10-19(21)20-11-5-7-13-22(20)23/h4-7,10-13,18,23H,2-3,9,15-17H2,1H3,(H,27,32)(H,28,29)(H,30,31)/t18-/m0/s1. The molecule has 0 bridgehead atoms. The number of fused-ring (bicyclic) bond motifs is 3. The van der Waals surface area contributed by atoms with E-state index < -0.39 is 24.0 Å². The largest absolute Gasteiger partial charge is 0.481 e.